The average Bonchev–Trinajstić information content (AvgIpc) is 3.10. The molecule has 1 atom stereocenters. The molecule has 0 saturated carbocycles. The fourth-order valence-electron chi connectivity index (χ4n) is 2.42. The van der Waals surface area contributed by atoms with Crippen LogP contribution in [0.4, 0.5) is 4.39 Å². The topological polar surface area (TPSA) is 67.0 Å². The molecule has 26 heavy (non-hydrogen) atoms. The molecule has 0 aliphatic rings. The maximum atomic E-state index is 13.8. The number of furan rings is 1. The lowest BCUT2D eigenvalue weighted by atomic mass is 10.2. The molecule has 2 aromatic rings. The van der Waals surface area contributed by atoms with Crippen LogP contribution in [0.15, 0.2) is 41.0 Å². The standard InChI is InChI=1S/C18H21ClFN3O3/c1-22(10-14-15(19)6-3-7-16(14)20)12-18(25)23(2)11-17(24)21-9-13-5-4-8-26-13/h3-8H,9-12H2,1-2H3,(H,21,24)/p+1. The number of halogens is 2. The summed E-state index contributed by atoms with van der Waals surface area (Å²) >= 11 is 6.01. The van der Waals surface area contributed by atoms with E-state index in [1.54, 1.807) is 32.3 Å². The zero-order valence-corrected chi connectivity index (χ0v) is 15.5. The third-order valence-corrected chi connectivity index (χ3v) is 4.19. The molecule has 2 rings (SSSR count). The predicted octanol–water partition coefficient (Wildman–Crippen LogP) is 0.862. The van der Waals surface area contributed by atoms with E-state index < -0.39 is 5.82 Å². The highest BCUT2D eigenvalue weighted by Crippen LogP contribution is 2.17. The van der Waals surface area contributed by atoms with E-state index in [9.17, 15) is 14.0 Å². The quantitative estimate of drug-likeness (QED) is 0.711. The van der Waals surface area contributed by atoms with E-state index in [0.717, 1.165) is 4.90 Å². The van der Waals surface area contributed by atoms with Gasteiger partial charge in [0, 0.05) is 7.05 Å². The molecular weight excluding hydrogens is 361 g/mol. The van der Waals surface area contributed by atoms with Gasteiger partial charge in [-0.05, 0) is 24.3 Å². The molecule has 1 aromatic carbocycles. The average molecular weight is 383 g/mol. The van der Waals surface area contributed by atoms with Crippen molar-refractivity contribution in [3.05, 3.63) is 58.8 Å². The summed E-state index contributed by atoms with van der Waals surface area (Å²) in [5.74, 6) is -0.261. The number of rotatable bonds is 8. The van der Waals surface area contributed by atoms with E-state index in [4.69, 9.17) is 16.0 Å². The van der Waals surface area contributed by atoms with Crippen LogP contribution in [0.3, 0.4) is 0 Å². The van der Waals surface area contributed by atoms with Crippen LogP contribution in [0.1, 0.15) is 11.3 Å². The molecular formula is C18H22ClFN3O3+. The molecule has 0 aliphatic carbocycles. The first kappa shape index (κ1) is 19.9. The molecule has 140 valence electrons. The molecule has 0 aliphatic heterocycles. The molecule has 0 radical (unpaired) electrons. The number of amides is 2. The Morgan fingerprint density at radius 3 is 2.73 bits per heavy atom. The third-order valence-electron chi connectivity index (χ3n) is 3.84. The van der Waals surface area contributed by atoms with Crippen LogP contribution in [0.25, 0.3) is 0 Å². The first-order chi connectivity index (χ1) is 12.4. The van der Waals surface area contributed by atoms with Gasteiger partial charge in [0.15, 0.2) is 6.54 Å². The van der Waals surface area contributed by atoms with Crippen LogP contribution in [0.5, 0.6) is 0 Å². The van der Waals surface area contributed by atoms with Gasteiger partial charge in [-0.3, -0.25) is 9.59 Å². The van der Waals surface area contributed by atoms with Gasteiger partial charge in [-0.1, -0.05) is 17.7 Å². The van der Waals surface area contributed by atoms with Crippen LogP contribution < -0.4 is 10.2 Å². The number of benzene rings is 1. The Hall–Kier alpha value is -2.38. The van der Waals surface area contributed by atoms with E-state index in [2.05, 4.69) is 5.32 Å². The Morgan fingerprint density at radius 1 is 1.31 bits per heavy atom. The molecule has 1 unspecified atom stereocenters. The zero-order valence-electron chi connectivity index (χ0n) is 14.7. The molecule has 8 heteroatoms. The highest BCUT2D eigenvalue weighted by molar-refractivity contribution is 6.31. The molecule has 6 nitrogen and oxygen atoms in total. The lowest BCUT2D eigenvalue weighted by Crippen LogP contribution is -3.09. The first-order valence-corrected chi connectivity index (χ1v) is 8.52. The van der Waals surface area contributed by atoms with Crippen LogP contribution in [0.2, 0.25) is 5.02 Å². The number of carbonyl (C=O) groups is 2. The smallest absolute Gasteiger partial charge is 0.277 e. The highest BCUT2D eigenvalue weighted by atomic mass is 35.5. The minimum Gasteiger partial charge on any atom is -0.467 e. The summed E-state index contributed by atoms with van der Waals surface area (Å²) in [6.45, 7) is 0.598. The Kier molecular flexibility index (Phi) is 7.17. The predicted molar refractivity (Wildman–Crippen MR) is 95.1 cm³/mol. The molecule has 0 saturated heterocycles. The van der Waals surface area contributed by atoms with Crippen molar-refractivity contribution < 1.29 is 23.3 Å². The number of hydrogen-bond donors (Lipinski definition) is 2. The van der Waals surface area contributed by atoms with Crippen molar-refractivity contribution in [2.45, 2.75) is 13.1 Å². The Balaban J connectivity index is 1.79. The highest BCUT2D eigenvalue weighted by Gasteiger charge is 2.19. The van der Waals surface area contributed by atoms with Crippen molar-refractivity contribution in [2.75, 3.05) is 27.2 Å². The fraction of sp³-hybridized carbons (Fsp3) is 0.333. The van der Waals surface area contributed by atoms with Crippen molar-refractivity contribution in [1.82, 2.24) is 10.2 Å². The summed E-state index contributed by atoms with van der Waals surface area (Å²) in [6.07, 6.45) is 1.53. The summed E-state index contributed by atoms with van der Waals surface area (Å²) < 4.78 is 19.0. The normalized spacial score (nSPS) is 11.8. The fourth-order valence-corrected chi connectivity index (χ4v) is 2.65. The van der Waals surface area contributed by atoms with E-state index in [1.807, 2.05) is 0 Å². The largest absolute Gasteiger partial charge is 0.467 e. The Bertz CT molecular complexity index is 732. The van der Waals surface area contributed by atoms with Gasteiger partial charge in [0.2, 0.25) is 5.91 Å². The lowest BCUT2D eigenvalue weighted by Gasteiger charge is -2.20. The van der Waals surface area contributed by atoms with Gasteiger partial charge < -0.3 is 19.5 Å². The molecule has 0 fully saturated rings. The van der Waals surface area contributed by atoms with Gasteiger partial charge in [-0.15, -0.1) is 0 Å². The van der Waals surface area contributed by atoms with Crippen LogP contribution in [0, 0.1) is 5.82 Å². The maximum absolute atomic E-state index is 13.8. The number of hydrogen-bond acceptors (Lipinski definition) is 3. The lowest BCUT2D eigenvalue weighted by molar-refractivity contribution is -0.885. The van der Waals surface area contributed by atoms with Gasteiger partial charge in [0.25, 0.3) is 5.91 Å². The zero-order chi connectivity index (χ0) is 19.1. The first-order valence-electron chi connectivity index (χ1n) is 8.14. The summed E-state index contributed by atoms with van der Waals surface area (Å²) in [4.78, 5) is 26.3. The Labute approximate surface area is 156 Å². The van der Waals surface area contributed by atoms with E-state index in [1.165, 1.54) is 23.3 Å². The minimum atomic E-state index is -0.394. The number of quaternary nitrogens is 1. The molecule has 2 amide bonds. The third kappa shape index (κ3) is 5.86. The van der Waals surface area contributed by atoms with Gasteiger partial charge in [-0.25, -0.2) is 4.39 Å². The summed E-state index contributed by atoms with van der Waals surface area (Å²) in [5.41, 5.74) is 0.373. The van der Waals surface area contributed by atoms with Crippen LogP contribution >= 0.6 is 11.6 Å². The molecule has 1 heterocycles. The van der Waals surface area contributed by atoms with Crippen molar-refractivity contribution >= 4 is 23.4 Å². The molecule has 2 N–H and O–H groups in total. The summed E-state index contributed by atoms with van der Waals surface area (Å²) in [5, 5.41) is 3.01. The molecule has 0 spiro atoms. The van der Waals surface area contributed by atoms with Crippen molar-refractivity contribution in [3.63, 3.8) is 0 Å². The number of likely N-dealkylation sites (N-methyl/N-ethyl adjacent to an activating group) is 2. The van der Waals surface area contributed by atoms with E-state index in [-0.39, 0.29) is 38.0 Å². The van der Waals surface area contributed by atoms with Crippen molar-refractivity contribution in [2.24, 2.45) is 0 Å². The van der Waals surface area contributed by atoms with Crippen molar-refractivity contribution in [3.8, 4) is 0 Å². The number of nitrogens with zero attached hydrogens (tertiary/aromatic N) is 1. The van der Waals surface area contributed by atoms with Gasteiger partial charge in [0.1, 0.15) is 18.1 Å². The van der Waals surface area contributed by atoms with Crippen LogP contribution in [-0.2, 0) is 22.7 Å². The van der Waals surface area contributed by atoms with Gasteiger partial charge in [-0.2, -0.15) is 0 Å². The SMILES string of the molecule is CN(CC(=O)NCc1ccco1)C(=O)C[NH+](C)Cc1c(F)cccc1Cl. The Morgan fingerprint density at radius 2 is 2.08 bits per heavy atom. The van der Waals surface area contributed by atoms with Gasteiger partial charge in [0.05, 0.1) is 37.0 Å². The second kappa shape index (κ2) is 9.35. The maximum Gasteiger partial charge on any atom is 0.277 e. The van der Waals surface area contributed by atoms with E-state index in [0.29, 0.717) is 16.3 Å². The van der Waals surface area contributed by atoms with Crippen molar-refractivity contribution in [1.29, 1.82) is 0 Å². The number of carbonyl (C=O) groups excluding carboxylic acids is 2. The number of nitrogens with one attached hydrogen (secondary N) is 2. The minimum absolute atomic E-state index is 0.0622. The van der Waals surface area contributed by atoms with Gasteiger partial charge >= 0.3 is 0 Å². The van der Waals surface area contributed by atoms with E-state index >= 15 is 0 Å². The monoisotopic (exact) mass is 382 g/mol. The van der Waals surface area contributed by atoms with Crippen LogP contribution in [-0.4, -0.2) is 43.9 Å². The second-order valence-corrected chi connectivity index (χ2v) is 6.52. The summed E-state index contributed by atoms with van der Waals surface area (Å²) in [7, 11) is 3.32. The molecule has 1 aromatic heterocycles. The summed E-state index contributed by atoms with van der Waals surface area (Å²) in [6, 6.07) is 7.98. The molecule has 0 bridgehead atoms. The second-order valence-electron chi connectivity index (χ2n) is 6.12.